The number of rotatable bonds is 6. The monoisotopic (exact) mass is 825 g/mol. The molecule has 3 heteroatoms. The van der Waals surface area contributed by atoms with Crippen molar-refractivity contribution in [1.29, 1.82) is 0 Å². The van der Waals surface area contributed by atoms with Crippen molar-refractivity contribution >= 4 is 64.9 Å². The van der Waals surface area contributed by atoms with E-state index >= 15 is 0 Å². The summed E-state index contributed by atoms with van der Waals surface area (Å²) in [5.74, 6) is 0.702. The third kappa shape index (κ3) is 6.28. The quantitative estimate of drug-likeness (QED) is 0.123. The Labute approximate surface area is 376 Å². The number of benzene rings is 11. The molecule has 13 aromatic rings. The molecule has 0 amide bonds. The molecule has 0 atom stereocenters. The molecule has 0 fully saturated rings. The van der Waals surface area contributed by atoms with Crippen LogP contribution < -0.4 is 0 Å². The van der Waals surface area contributed by atoms with Gasteiger partial charge in [0.1, 0.15) is 0 Å². The van der Waals surface area contributed by atoms with Crippen molar-refractivity contribution < 1.29 is 0 Å². The van der Waals surface area contributed by atoms with E-state index < -0.39 is 0 Å². The van der Waals surface area contributed by atoms with Crippen LogP contribution in [0.5, 0.6) is 0 Å². The molecule has 0 saturated heterocycles. The average Bonchev–Trinajstić information content (AvgIpc) is 3.72. The van der Waals surface area contributed by atoms with Crippen molar-refractivity contribution in [3.63, 3.8) is 0 Å². The summed E-state index contributed by atoms with van der Waals surface area (Å²) in [6.07, 6.45) is 0. The maximum Gasteiger partial charge on any atom is 0.160 e. The van der Waals surface area contributed by atoms with Gasteiger partial charge < -0.3 is 4.57 Å². The molecule has 0 aliphatic carbocycles. The van der Waals surface area contributed by atoms with Crippen LogP contribution in [-0.2, 0) is 0 Å². The number of hydrogen-bond donors (Lipinski definition) is 0. The molecular weight excluding hydrogens is 787 g/mol. The molecular formula is C62H39N3. The van der Waals surface area contributed by atoms with Crippen molar-refractivity contribution in [3.05, 3.63) is 237 Å². The highest BCUT2D eigenvalue weighted by Gasteiger charge is 2.16. The van der Waals surface area contributed by atoms with E-state index in [0.29, 0.717) is 5.82 Å². The molecule has 2 aromatic heterocycles. The molecule has 0 bridgehead atoms. The van der Waals surface area contributed by atoms with E-state index in [1.807, 2.05) is 18.2 Å². The number of aromatic nitrogens is 3. The third-order valence-electron chi connectivity index (χ3n) is 13.2. The van der Waals surface area contributed by atoms with Gasteiger partial charge in [0.2, 0.25) is 0 Å². The molecule has 0 aliphatic heterocycles. The zero-order valence-electron chi connectivity index (χ0n) is 35.4. The molecule has 0 aliphatic rings. The summed E-state index contributed by atoms with van der Waals surface area (Å²) in [6, 6.07) is 85.3. The molecule has 0 unspecified atom stereocenters. The van der Waals surface area contributed by atoms with Gasteiger partial charge in [-0.2, -0.15) is 0 Å². The van der Waals surface area contributed by atoms with Gasteiger partial charge in [0.05, 0.1) is 22.4 Å². The minimum Gasteiger partial charge on any atom is -0.309 e. The predicted molar refractivity (Wildman–Crippen MR) is 274 cm³/mol. The van der Waals surface area contributed by atoms with Crippen LogP contribution in [0, 0.1) is 0 Å². The molecule has 0 spiro atoms. The first-order valence-electron chi connectivity index (χ1n) is 22.2. The summed E-state index contributed by atoms with van der Waals surface area (Å²) in [4.78, 5) is 10.3. The van der Waals surface area contributed by atoms with Crippen LogP contribution in [-0.4, -0.2) is 14.5 Å². The van der Waals surface area contributed by atoms with Crippen LogP contribution in [0.3, 0.4) is 0 Å². The van der Waals surface area contributed by atoms with Crippen molar-refractivity contribution in [1.82, 2.24) is 14.5 Å². The molecule has 13 rings (SSSR count). The van der Waals surface area contributed by atoms with Crippen molar-refractivity contribution in [3.8, 4) is 61.8 Å². The van der Waals surface area contributed by atoms with Gasteiger partial charge in [-0.1, -0.05) is 188 Å². The standard InChI is InChI=1S/C62H39N3/c1-2-13-44(14-3-1)62-63-57(42-30-33-50(34-31-42)65-59-20-10-8-18-53(59)54-19-9-11-21-60(54)65)39-58(64-62)49-29-28-46-36-45(26-27-47(46)37-49)40-22-24-43(25-23-40)61-52-17-7-5-15-48(52)38-56-51-16-6-4-12-41(51)32-35-55(56)61/h1-39H. The molecule has 0 radical (unpaired) electrons. The summed E-state index contributed by atoms with van der Waals surface area (Å²) in [5, 5.41) is 12.5. The van der Waals surface area contributed by atoms with Crippen molar-refractivity contribution in [2.24, 2.45) is 0 Å². The minimum atomic E-state index is 0.702. The summed E-state index contributed by atoms with van der Waals surface area (Å²) >= 11 is 0. The Morgan fingerprint density at radius 3 is 1.51 bits per heavy atom. The van der Waals surface area contributed by atoms with Gasteiger partial charge >= 0.3 is 0 Å². The largest absolute Gasteiger partial charge is 0.309 e. The Balaban J connectivity index is 0.848. The minimum absolute atomic E-state index is 0.702. The average molecular weight is 826 g/mol. The second-order valence-corrected chi connectivity index (χ2v) is 17.0. The fourth-order valence-corrected chi connectivity index (χ4v) is 9.99. The van der Waals surface area contributed by atoms with E-state index in [1.165, 1.54) is 81.8 Å². The third-order valence-corrected chi connectivity index (χ3v) is 13.2. The maximum absolute atomic E-state index is 5.17. The van der Waals surface area contributed by atoms with Gasteiger partial charge in [-0.25, -0.2) is 9.97 Å². The van der Waals surface area contributed by atoms with E-state index in [1.54, 1.807) is 0 Å². The summed E-state index contributed by atoms with van der Waals surface area (Å²) in [6.45, 7) is 0. The Kier molecular flexibility index (Phi) is 8.53. The first-order valence-corrected chi connectivity index (χ1v) is 22.2. The first-order chi connectivity index (χ1) is 32.2. The number of nitrogens with zero attached hydrogens (tertiary/aromatic N) is 3. The van der Waals surface area contributed by atoms with Gasteiger partial charge in [-0.05, 0) is 114 Å². The van der Waals surface area contributed by atoms with Crippen LogP contribution in [0.25, 0.3) is 127 Å². The zero-order valence-corrected chi connectivity index (χ0v) is 35.4. The highest BCUT2D eigenvalue weighted by Crippen LogP contribution is 2.41. The summed E-state index contributed by atoms with van der Waals surface area (Å²) < 4.78 is 2.35. The summed E-state index contributed by atoms with van der Waals surface area (Å²) in [5.41, 5.74) is 13.2. The van der Waals surface area contributed by atoms with Crippen LogP contribution in [0.2, 0.25) is 0 Å². The van der Waals surface area contributed by atoms with Crippen LogP contribution in [0.4, 0.5) is 0 Å². The molecule has 3 nitrogen and oxygen atoms in total. The van der Waals surface area contributed by atoms with Gasteiger partial charge in [-0.15, -0.1) is 0 Å². The lowest BCUT2D eigenvalue weighted by molar-refractivity contribution is 1.17. The Bertz CT molecular complexity index is 3920. The molecule has 2 heterocycles. The molecule has 11 aromatic carbocycles. The van der Waals surface area contributed by atoms with E-state index in [-0.39, 0.29) is 0 Å². The van der Waals surface area contributed by atoms with E-state index in [0.717, 1.165) is 39.2 Å². The van der Waals surface area contributed by atoms with E-state index in [9.17, 15) is 0 Å². The smallest absolute Gasteiger partial charge is 0.160 e. The fraction of sp³-hybridized carbons (Fsp3) is 0. The van der Waals surface area contributed by atoms with Gasteiger partial charge in [0.15, 0.2) is 5.82 Å². The topological polar surface area (TPSA) is 30.7 Å². The molecule has 65 heavy (non-hydrogen) atoms. The highest BCUT2D eigenvalue weighted by molar-refractivity contribution is 6.20. The second-order valence-electron chi connectivity index (χ2n) is 17.0. The zero-order chi connectivity index (χ0) is 42.8. The lowest BCUT2D eigenvalue weighted by Crippen LogP contribution is -1.97. The van der Waals surface area contributed by atoms with Crippen LogP contribution in [0.1, 0.15) is 0 Å². The second kappa shape index (κ2) is 15.0. The number of hydrogen-bond acceptors (Lipinski definition) is 2. The first kappa shape index (κ1) is 36.9. The Morgan fingerprint density at radius 2 is 0.785 bits per heavy atom. The van der Waals surface area contributed by atoms with Crippen molar-refractivity contribution in [2.45, 2.75) is 0 Å². The van der Waals surface area contributed by atoms with Crippen LogP contribution in [0.15, 0.2) is 237 Å². The molecule has 0 N–H and O–H groups in total. The number of fused-ring (bicyclic) bond motifs is 8. The van der Waals surface area contributed by atoms with Crippen LogP contribution >= 0.6 is 0 Å². The fourth-order valence-electron chi connectivity index (χ4n) is 9.99. The SMILES string of the molecule is c1ccc(-c2nc(-c3ccc(-n4c5ccccc5c5ccccc54)cc3)cc(-c3ccc4cc(-c5ccc(-c6c7ccccc7cc7c6ccc6ccccc67)cc5)ccc4c3)n2)cc1. The Hall–Kier alpha value is -8.66. The van der Waals surface area contributed by atoms with Gasteiger partial charge in [-0.3, -0.25) is 0 Å². The van der Waals surface area contributed by atoms with Gasteiger partial charge in [0, 0.05) is 33.2 Å². The lowest BCUT2D eigenvalue weighted by atomic mass is 9.89. The van der Waals surface area contributed by atoms with Gasteiger partial charge in [0.25, 0.3) is 0 Å². The van der Waals surface area contributed by atoms with Crippen molar-refractivity contribution in [2.75, 3.05) is 0 Å². The van der Waals surface area contributed by atoms with E-state index in [4.69, 9.17) is 9.97 Å². The van der Waals surface area contributed by atoms with E-state index in [2.05, 4.69) is 223 Å². The Morgan fingerprint density at radius 1 is 0.262 bits per heavy atom. The predicted octanol–water partition coefficient (Wildman–Crippen LogP) is 16.5. The highest BCUT2D eigenvalue weighted by atomic mass is 15.0. The summed E-state index contributed by atoms with van der Waals surface area (Å²) in [7, 11) is 0. The lowest BCUT2D eigenvalue weighted by Gasteiger charge is -2.15. The maximum atomic E-state index is 5.17. The molecule has 0 saturated carbocycles. The number of para-hydroxylation sites is 2. The molecule has 302 valence electrons. The normalized spacial score (nSPS) is 11.7.